The number of carbonyl (C=O) groups excluding carboxylic acids is 3. The number of aromatic nitrogens is 1. The number of Topliss-reactive ketones (excluding diaryl/α,β-unsaturated/α-hetero) is 1. The lowest BCUT2D eigenvalue weighted by Crippen LogP contribution is -2.12. The van der Waals surface area contributed by atoms with Crippen LogP contribution in [0.15, 0.2) is 34.9 Å². The van der Waals surface area contributed by atoms with Gasteiger partial charge in [-0.25, -0.2) is 9.37 Å². The van der Waals surface area contributed by atoms with Gasteiger partial charge >= 0.3 is 6.15 Å². The van der Waals surface area contributed by atoms with Gasteiger partial charge in [0.1, 0.15) is 16.1 Å². The van der Waals surface area contributed by atoms with Crippen LogP contribution in [-0.2, 0) is 9.59 Å². The predicted octanol–water partition coefficient (Wildman–Crippen LogP) is 4.06. The molecule has 0 aliphatic carbocycles. The first-order valence-electron chi connectivity index (χ1n) is 7.54. The molecule has 0 aliphatic heterocycles. The van der Waals surface area contributed by atoms with Crippen LogP contribution in [0, 0.1) is 12.7 Å². The van der Waals surface area contributed by atoms with Crippen molar-refractivity contribution in [3.8, 4) is 0 Å². The molecular formula is C18H18BrFN2O3. The van der Waals surface area contributed by atoms with Crippen LogP contribution >= 0.6 is 15.9 Å². The molecule has 1 unspecified atom stereocenters. The van der Waals surface area contributed by atoms with E-state index in [-0.39, 0.29) is 35.8 Å². The van der Waals surface area contributed by atoms with E-state index in [1.807, 2.05) is 13.8 Å². The fourth-order valence-corrected chi connectivity index (χ4v) is 2.82. The molecule has 0 spiro atoms. The molecule has 2 N–H and O–H groups in total. The van der Waals surface area contributed by atoms with E-state index in [2.05, 4.69) is 20.9 Å². The number of nitrogen functional groups attached to an aromatic ring is 1. The molecule has 0 radical (unpaired) electrons. The third-order valence-corrected chi connectivity index (χ3v) is 4.20. The van der Waals surface area contributed by atoms with Crippen molar-refractivity contribution >= 4 is 33.6 Å². The highest BCUT2D eigenvalue weighted by Gasteiger charge is 2.20. The minimum atomic E-state index is -0.286. The van der Waals surface area contributed by atoms with Crippen LogP contribution in [0.25, 0.3) is 0 Å². The summed E-state index contributed by atoms with van der Waals surface area (Å²) in [5.74, 6) is -0.468. The lowest BCUT2D eigenvalue weighted by molar-refractivity contribution is -0.191. The Morgan fingerprint density at radius 3 is 2.56 bits per heavy atom. The molecule has 1 heterocycles. The number of rotatable bonds is 5. The fourth-order valence-electron chi connectivity index (χ4n) is 2.52. The van der Waals surface area contributed by atoms with Gasteiger partial charge in [-0.15, -0.1) is 0 Å². The first-order valence-corrected chi connectivity index (χ1v) is 8.33. The number of halogens is 2. The molecule has 25 heavy (non-hydrogen) atoms. The monoisotopic (exact) mass is 408 g/mol. The Kier molecular flexibility index (Phi) is 8.11. The van der Waals surface area contributed by atoms with E-state index in [0.717, 1.165) is 17.5 Å². The lowest BCUT2D eigenvalue weighted by atomic mass is 9.87. The van der Waals surface area contributed by atoms with E-state index in [1.165, 1.54) is 12.1 Å². The SMILES string of the molecule is CCC(CC(=O)c1nc(Br)ccc1N)c1cc(F)ccc1C.O=C=O. The van der Waals surface area contributed by atoms with Crippen LogP contribution in [0.5, 0.6) is 0 Å². The number of pyridine rings is 1. The summed E-state index contributed by atoms with van der Waals surface area (Å²) in [5.41, 5.74) is 8.31. The van der Waals surface area contributed by atoms with Crippen LogP contribution in [-0.4, -0.2) is 16.9 Å². The number of nitrogens with zero attached hydrogens (tertiary/aromatic N) is 1. The number of ketones is 1. The minimum absolute atomic E-state index is 0.0524. The Bertz CT molecular complexity index is 790. The average Bonchev–Trinajstić information content (AvgIpc) is 2.57. The number of nitrogens with two attached hydrogens (primary N) is 1. The molecule has 2 aromatic rings. The highest BCUT2D eigenvalue weighted by Crippen LogP contribution is 2.29. The molecule has 0 bridgehead atoms. The predicted molar refractivity (Wildman–Crippen MR) is 94.5 cm³/mol. The molecule has 5 nitrogen and oxygen atoms in total. The zero-order valence-corrected chi connectivity index (χ0v) is 15.5. The van der Waals surface area contributed by atoms with E-state index < -0.39 is 0 Å². The van der Waals surface area contributed by atoms with Gasteiger partial charge in [-0.3, -0.25) is 4.79 Å². The van der Waals surface area contributed by atoms with Crippen molar-refractivity contribution in [2.75, 3.05) is 5.73 Å². The average molecular weight is 409 g/mol. The molecule has 0 fully saturated rings. The lowest BCUT2D eigenvalue weighted by Gasteiger charge is -2.17. The summed E-state index contributed by atoms with van der Waals surface area (Å²) in [4.78, 5) is 32.9. The number of aryl methyl sites for hydroxylation is 1. The maximum absolute atomic E-state index is 13.5. The summed E-state index contributed by atoms with van der Waals surface area (Å²) >= 11 is 3.25. The molecular weight excluding hydrogens is 391 g/mol. The summed E-state index contributed by atoms with van der Waals surface area (Å²) in [5, 5.41) is 0. The topological polar surface area (TPSA) is 90.1 Å². The highest BCUT2D eigenvalue weighted by molar-refractivity contribution is 9.10. The second kappa shape index (κ2) is 9.81. The van der Waals surface area contributed by atoms with Gasteiger partial charge in [0.05, 0.1) is 5.69 Å². The summed E-state index contributed by atoms with van der Waals surface area (Å²) in [6.45, 7) is 3.91. The number of benzene rings is 1. The Balaban J connectivity index is 0.000000970. The van der Waals surface area contributed by atoms with Crippen molar-refractivity contribution in [3.05, 3.63) is 57.6 Å². The van der Waals surface area contributed by atoms with Crippen molar-refractivity contribution in [1.82, 2.24) is 4.98 Å². The van der Waals surface area contributed by atoms with E-state index in [1.54, 1.807) is 18.2 Å². The molecule has 2 rings (SSSR count). The molecule has 1 aromatic heterocycles. The molecule has 7 heteroatoms. The van der Waals surface area contributed by atoms with Crippen molar-refractivity contribution in [1.29, 1.82) is 0 Å². The van der Waals surface area contributed by atoms with Gasteiger partial charge in [0.15, 0.2) is 5.78 Å². The standard InChI is InChI=1S/C17H18BrFN2O.CO2/c1-3-11(13-9-12(19)5-4-10(13)2)8-15(22)17-14(20)6-7-16(18)21-17;2-1-3/h4-7,9,11H,3,8,20H2,1-2H3;. The number of hydrogen-bond acceptors (Lipinski definition) is 5. The van der Waals surface area contributed by atoms with Gasteiger partial charge in [-0.1, -0.05) is 13.0 Å². The summed E-state index contributed by atoms with van der Waals surface area (Å²) in [7, 11) is 0. The van der Waals surface area contributed by atoms with Crippen molar-refractivity contribution in [3.63, 3.8) is 0 Å². The largest absolute Gasteiger partial charge is 0.397 e. The maximum atomic E-state index is 13.5. The quantitative estimate of drug-likeness (QED) is 0.594. The van der Waals surface area contributed by atoms with Crippen LogP contribution < -0.4 is 5.73 Å². The molecule has 132 valence electrons. The Morgan fingerprint density at radius 2 is 1.96 bits per heavy atom. The summed E-state index contributed by atoms with van der Waals surface area (Å²) in [6, 6.07) is 8.03. The first kappa shape index (κ1) is 20.7. The third kappa shape index (κ3) is 5.89. The second-order valence-electron chi connectivity index (χ2n) is 5.39. The molecule has 1 atom stereocenters. The van der Waals surface area contributed by atoms with Gasteiger partial charge in [-0.2, -0.15) is 9.59 Å². The van der Waals surface area contributed by atoms with Crippen molar-refractivity contribution < 1.29 is 18.8 Å². The molecule has 0 aliphatic rings. The summed E-state index contributed by atoms with van der Waals surface area (Å²) in [6.07, 6.45) is 1.25. The van der Waals surface area contributed by atoms with Gasteiger partial charge in [0.25, 0.3) is 0 Å². The van der Waals surface area contributed by atoms with E-state index in [4.69, 9.17) is 15.3 Å². The first-order chi connectivity index (χ1) is 11.8. The van der Waals surface area contributed by atoms with Gasteiger partial charge in [0.2, 0.25) is 0 Å². The van der Waals surface area contributed by atoms with Crippen LogP contribution in [0.4, 0.5) is 10.1 Å². The van der Waals surface area contributed by atoms with Crippen LogP contribution in [0.1, 0.15) is 47.3 Å². The van der Waals surface area contributed by atoms with Gasteiger partial charge < -0.3 is 5.73 Å². The van der Waals surface area contributed by atoms with E-state index >= 15 is 0 Å². The fraction of sp³-hybridized carbons (Fsp3) is 0.278. The van der Waals surface area contributed by atoms with Gasteiger partial charge in [-0.05, 0) is 70.6 Å². The van der Waals surface area contributed by atoms with Crippen molar-refractivity contribution in [2.45, 2.75) is 32.6 Å². The Labute approximate surface area is 153 Å². The van der Waals surface area contributed by atoms with Gasteiger partial charge in [0, 0.05) is 6.42 Å². The third-order valence-electron chi connectivity index (χ3n) is 3.76. The zero-order chi connectivity index (χ0) is 19.0. The Hall–Kier alpha value is -2.37. The van der Waals surface area contributed by atoms with Crippen LogP contribution in [0.3, 0.4) is 0 Å². The Morgan fingerprint density at radius 1 is 1.32 bits per heavy atom. The minimum Gasteiger partial charge on any atom is -0.397 e. The zero-order valence-electron chi connectivity index (χ0n) is 13.9. The number of hydrogen-bond donors (Lipinski definition) is 1. The second-order valence-corrected chi connectivity index (χ2v) is 6.20. The normalized spacial score (nSPS) is 11.0. The van der Waals surface area contributed by atoms with Crippen molar-refractivity contribution in [2.24, 2.45) is 0 Å². The van der Waals surface area contributed by atoms with Crippen LogP contribution in [0.2, 0.25) is 0 Å². The van der Waals surface area contributed by atoms with E-state index in [0.29, 0.717) is 10.3 Å². The molecule has 1 aromatic carbocycles. The number of anilines is 1. The highest BCUT2D eigenvalue weighted by atomic mass is 79.9. The maximum Gasteiger partial charge on any atom is 0.373 e. The number of carbonyl (C=O) groups is 1. The molecule has 0 amide bonds. The summed E-state index contributed by atoms with van der Waals surface area (Å²) < 4.78 is 14.1. The van der Waals surface area contributed by atoms with E-state index in [9.17, 15) is 9.18 Å². The molecule has 0 saturated carbocycles. The smallest absolute Gasteiger partial charge is 0.373 e. The molecule has 0 saturated heterocycles.